The first-order chi connectivity index (χ1) is 8.91. The van der Waals surface area contributed by atoms with Gasteiger partial charge in [-0.05, 0) is 48.3 Å². The molecule has 0 bridgehead atoms. The molecule has 0 aromatic heterocycles. The molecule has 1 aromatic carbocycles. The van der Waals surface area contributed by atoms with Crippen molar-refractivity contribution in [1.82, 2.24) is 5.32 Å². The quantitative estimate of drug-likeness (QED) is 0.798. The molecule has 106 valence electrons. The van der Waals surface area contributed by atoms with Crippen molar-refractivity contribution < 1.29 is 0 Å². The lowest BCUT2D eigenvalue weighted by Crippen LogP contribution is -2.34. The number of hydrogen-bond acceptors (Lipinski definition) is 1. The Hall–Kier alpha value is -0.530. The minimum atomic E-state index is 0.443. The molecule has 1 nitrogen and oxygen atoms in total. The summed E-state index contributed by atoms with van der Waals surface area (Å²) >= 11 is 5.97. The predicted molar refractivity (Wildman–Crippen MR) is 83.6 cm³/mol. The maximum atomic E-state index is 5.97. The smallest absolute Gasteiger partial charge is 0.0406 e. The molecule has 19 heavy (non-hydrogen) atoms. The summed E-state index contributed by atoms with van der Waals surface area (Å²) in [5.41, 5.74) is 1.83. The van der Waals surface area contributed by atoms with Gasteiger partial charge in [-0.15, -0.1) is 0 Å². The van der Waals surface area contributed by atoms with E-state index in [9.17, 15) is 0 Å². The summed E-state index contributed by atoms with van der Waals surface area (Å²) in [5.74, 6) is 0.761. The molecule has 1 saturated carbocycles. The van der Waals surface area contributed by atoms with Crippen LogP contribution in [0, 0.1) is 11.3 Å². The first-order valence-corrected chi connectivity index (χ1v) is 7.80. The summed E-state index contributed by atoms with van der Waals surface area (Å²) in [5, 5.41) is 4.68. The summed E-state index contributed by atoms with van der Waals surface area (Å²) in [6.45, 7) is 9.39. The van der Waals surface area contributed by atoms with Crippen molar-refractivity contribution in [2.24, 2.45) is 11.3 Å². The highest BCUT2D eigenvalue weighted by Gasteiger charge is 2.37. The van der Waals surface area contributed by atoms with Crippen LogP contribution < -0.4 is 5.32 Å². The first kappa shape index (κ1) is 14.9. The van der Waals surface area contributed by atoms with E-state index >= 15 is 0 Å². The minimum Gasteiger partial charge on any atom is -0.307 e. The third kappa shape index (κ3) is 3.73. The van der Waals surface area contributed by atoms with Crippen molar-refractivity contribution in [1.29, 1.82) is 0 Å². The predicted octanol–water partition coefficient (Wildman–Crippen LogP) is 5.21. The zero-order chi connectivity index (χ0) is 14.0. The van der Waals surface area contributed by atoms with E-state index in [2.05, 4.69) is 45.1 Å². The lowest BCUT2D eigenvalue weighted by Gasteiger charge is -2.25. The fourth-order valence-electron chi connectivity index (χ4n) is 3.52. The van der Waals surface area contributed by atoms with Gasteiger partial charge in [-0.25, -0.2) is 0 Å². The van der Waals surface area contributed by atoms with Gasteiger partial charge in [0.2, 0.25) is 0 Å². The Kier molecular flexibility index (Phi) is 4.58. The van der Waals surface area contributed by atoms with E-state index in [-0.39, 0.29) is 0 Å². The van der Waals surface area contributed by atoms with Crippen molar-refractivity contribution in [3.63, 3.8) is 0 Å². The molecule has 1 aliphatic carbocycles. The second kappa shape index (κ2) is 5.85. The molecule has 3 atom stereocenters. The fourth-order valence-corrected chi connectivity index (χ4v) is 3.65. The summed E-state index contributed by atoms with van der Waals surface area (Å²) in [4.78, 5) is 0. The van der Waals surface area contributed by atoms with E-state index in [1.165, 1.54) is 18.4 Å². The van der Waals surface area contributed by atoms with E-state index < -0.39 is 0 Å². The van der Waals surface area contributed by atoms with Gasteiger partial charge in [-0.1, -0.05) is 51.4 Å². The van der Waals surface area contributed by atoms with Crippen molar-refractivity contribution in [3.8, 4) is 0 Å². The van der Waals surface area contributed by atoms with E-state index in [1.807, 2.05) is 12.1 Å². The average molecular weight is 280 g/mol. The van der Waals surface area contributed by atoms with Crippen LogP contribution in [-0.2, 0) is 0 Å². The molecule has 1 N–H and O–H groups in total. The van der Waals surface area contributed by atoms with Crippen LogP contribution in [0.25, 0.3) is 0 Å². The summed E-state index contributed by atoms with van der Waals surface area (Å²) in [6, 6.07) is 9.35. The van der Waals surface area contributed by atoms with Crippen LogP contribution in [0.15, 0.2) is 24.3 Å². The Morgan fingerprint density at radius 1 is 1.26 bits per heavy atom. The van der Waals surface area contributed by atoms with E-state index in [0.29, 0.717) is 17.5 Å². The Labute approximate surface area is 122 Å². The number of halogens is 1. The highest BCUT2D eigenvalue weighted by molar-refractivity contribution is 6.30. The Morgan fingerprint density at radius 3 is 2.37 bits per heavy atom. The minimum absolute atomic E-state index is 0.443. The van der Waals surface area contributed by atoms with Crippen molar-refractivity contribution in [2.45, 2.75) is 59.0 Å². The van der Waals surface area contributed by atoms with Crippen molar-refractivity contribution in [2.75, 3.05) is 0 Å². The lowest BCUT2D eigenvalue weighted by atomic mass is 9.91. The van der Waals surface area contributed by atoms with Gasteiger partial charge in [-0.2, -0.15) is 0 Å². The molecule has 0 radical (unpaired) electrons. The zero-order valence-electron chi connectivity index (χ0n) is 12.5. The summed E-state index contributed by atoms with van der Waals surface area (Å²) in [6.07, 6.45) is 3.71. The van der Waals surface area contributed by atoms with Crippen molar-refractivity contribution >= 4 is 11.6 Å². The van der Waals surface area contributed by atoms with Gasteiger partial charge in [0, 0.05) is 17.1 Å². The number of hydrogen-bond donors (Lipinski definition) is 1. The molecule has 1 fully saturated rings. The second-order valence-corrected chi connectivity index (χ2v) is 7.27. The SMILES string of the molecule is CCC(NC1CC(C)(C)CC1C)c1ccc(Cl)cc1. The number of rotatable bonds is 4. The molecule has 0 saturated heterocycles. The van der Waals surface area contributed by atoms with E-state index in [4.69, 9.17) is 11.6 Å². The number of nitrogens with one attached hydrogen (secondary N) is 1. The molecule has 0 heterocycles. The standard InChI is InChI=1S/C17H26ClN/c1-5-15(13-6-8-14(18)9-7-13)19-16-11-17(3,4)10-12(16)2/h6-9,12,15-16,19H,5,10-11H2,1-4H3. The zero-order valence-corrected chi connectivity index (χ0v) is 13.3. The van der Waals surface area contributed by atoms with Crippen LogP contribution in [0.2, 0.25) is 5.02 Å². The third-order valence-electron chi connectivity index (χ3n) is 4.43. The maximum Gasteiger partial charge on any atom is 0.0406 e. The largest absolute Gasteiger partial charge is 0.307 e. The molecule has 1 aliphatic rings. The van der Waals surface area contributed by atoms with E-state index in [0.717, 1.165) is 17.4 Å². The lowest BCUT2D eigenvalue weighted by molar-refractivity contribution is 0.349. The third-order valence-corrected chi connectivity index (χ3v) is 4.68. The van der Waals surface area contributed by atoms with Crippen LogP contribution in [-0.4, -0.2) is 6.04 Å². The van der Waals surface area contributed by atoms with E-state index in [1.54, 1.807) is 0 Å². The first-order valence-electron chi connectivity index (χ1n) is 7.43. The maximum absolute atomic E-state index is 5.97. The van der Waals surface area contributed by atoms with Crippen LogP contribution in [0.5, 0.6) is 0 Å². The highest BCUT2D eigenvalue weighted by atomic mass is 35.5. The second-order valence-electron chi connectivity index (χ2n) is 6.84. The number of benzene rings is 1. The van der Waals surface area contributed by atoms with Crippen molar-refractivity contribution in [3.05, 3.63) is 34.9 Å². The molecule has 2 heteroatoms. The van der Waals surface area contributed by atoms with Gasteiger partial charge < -0.3 is 5.32 Å². The fraction of sp³-hybridized carbons (Fsp3) is 0.647. The van der Waals surface area contributed by atoms with Gasteiger partial charge in [0.1, 0.15) is 0 Å². The summed E-state index contributed by atoms with van der Waals surface area (Å²) < 4.78 is 0. The molecule has 1 aromatic rings. The highest BCUT2D eigenvalue weighted by Crippen LogP contribution is 2.41. The molecule has 0 amide bonds. The summed E-state index contributed by atoms with van der Waals surface area (Å²) in [7, 11) is 0. The molecular formula is C17H26ClN. The molecule has 2 rings (SSSR count). The Bertz CT molecular complexity index is 410. The molecular weight excluding hydrogens is 254 g/mol. The monoisotopic (exact) mass is 279 g/mol. The molecule has 3 unspecified atom stereocenters. The van der Waals surface area contributed by atoms with Crippen LogP contribution in [0.1, 0.15) is 58.6 Å². The van der Waals surface area contributed by atoms with Gasteiger partial charge >= 0.3 is 0 Å². The Morgan fingerprint density at radius 2 is 1.89 bits per heavy atom. The van der Waals surface area contributed by atoms with Crippen LogP contribution >= 0.6 is 11.6 Å². The topological polar surface area (TPSA) is 12.0 Å². The average Bonchev–Trinajstić information content (AvgIpc) is 2.60. The molecule has 0 aliphatic heterocycles. The van der Waals surface area contributed by atoms with Crippen LogP contribution in [0.3, 0.4) is 0 Å². The van der Waals surface area contributed by atoms with Crippen LogP contribution in [0.4, 0.5) is 0 Å². The van der Waals surface area contributed by atoms with Gasteiger partial charge in [0.25, 0.3) is 0 Å². The normalized spacial score (nSPS) is 27.4. The van der Waals surface area contributed by atoms with Gasteiger partial charge in [0.05, 0.1) is 0 Å². The molecule has 0 spiro atoms. The van der Waals surface area contributed by atoms with Gasteiger partial charge in [-0.3, -0.25) is 0 Å². The Balaban J connectivity index is 2.05. The van der Waals surface area contributed by atoms with Gasteiger partial charge in [0.15, 0.2) is 0 Å².